The molecule has 7 heteroatoms. The van der Waals surface area contributed by atoms with Crippen molar-refractivity contribution in [3.8, 4) is 0 Å². The lowest BCUT2D eigenvalue weighted by Crippen LogP contribution is -2.46. The van der Waals surface area contributed by atoms with Gasteiger partial charge in [0.1, 0.15) is 6.54 Å². The summed E-state index contributed by atoms with van der Waals surface area (Å²) in [5.41, 5.74) is 2.92. The molecule has 1 aliphatic rings. The standard InChI is InChI=1S/C19H20ClN3O3/c1-21(23-10-14-6-2-3-7-15(14)11-23)18(24)12-22(13-19(25)26)17-9-5-4-8-16(17)20/h2-9H,10-13H2,1H3,(H,25,26). The van der Waals surface area contributed by atoms with Gasteiger partial charge in [-0.15, -0.1) is 0 Å². The minimum atomic E-state index is -1.02. The van der Waals surface area contributed by atoms with Gasteiger partial charge >= 0.3 is 5.97 Å². The van der Waals surface area contributed by atoms with Gasteiger partial charge in [-0.2, -0.15) is 0 Å². The number of anilines is 1. The molecule has 26 heavy (non-hydrogen) atoms. The number of hydrazine groups is 1. The first-order valence-corrected chi connectivity index (χ1v) is 8.63. The van der Waals surface area contributed by atoms with Gasteiger partial charge in [0.05, 0.1) is 17.3 Å². The highest BCUT2D eigenvalue weighted by Gasteiger charge is 2.26. The predicted octanol–water partition coefficient (Wildman–Crippen LogP) is 2.62. The lowest BCUT2D eigenvalue weighted by Gasteiger charge is -2.31. The molecule has 1 heterocycles. The van der Waals surface area contributed by atoms with E-state index in [1.165, 1.54) is 16.0 Å². The lowest BCUT2D eigenvalue weighted by atomic mass is 10.1. The molecule has 2 aromatic rings. The van der Waals surface area contributed by atoms with Crippen LogP contribution < -0.4 is 4.90 Å². The Hall–Kier alpha value is -2.57. The zero-order valence-corrected chi connectivity index (χ0v) is 15.2. The van der Waals surface area contributed by atoms with E-state index in [0.29, 0.717) is 23.8 Å². The molecule has 1 N–H and O–H groups in total. The van der Waals surface area contributed by atoms with Gasteiger partial charge in [0.25, 0.3) is 5.91 Å². The number of aliphatic carboxylic acids is 1. The monoisotopic (exact) mass is 373 g/mol. The molecule has 0 radical (unpaired) electrons. The van der Waals surface area contributed by atoms with Gasteiger partial charge < -0.3 is 10.0 Å². The summed E-state index contributed by atoms with van der Waals surface area (Å²) >= 11 is 6.18. The van der Waals surface area contributed by atoms with Crippen molar-refractivity contribution in [3.05, 3.63) is 64.7 Å². The maximum atomic E-state index is 12.8. The fourth-order valence-electron chi connectivity index (χ4n) is 3.05. The van der Waals surface area contributed by atoms with Gasteiger partial charge in [0.2, 0.25) is 0 Å². The van der Waals surface area contributed by atoms with Crippen LogP contribution >= 0.6 is 11.6 Å². The number of rotatable bonds is 6. The van der Waals surface area contributed by atoms with Crippen LogP contribution in [-0.4, -0.2) is 47.1 Å². The van der Waals surface area contributed by atoms with Crippen molar-refractivity contribution in [2.75, 3.05) is 25.0 Å². The molecule has 136 valence electrons. The third kappa shape index (κ3) is 3.98. The van der Waals surface area contributed by atoms with Gasteiger partial charge in [0, 0.05) is 20.1 Å². The Kier molecular flexibility index (Phi) is 5.44. The van der Waals surface area contributed by atoms with Crippen LogP contribution in [0.15, 0.2) is 48.5 Å². The van der Waals surface area contributed by atoms with Crippen molar-refractivity contribution in [2.45, 2.75) is 13.1 Å². The van der Waals surface area contributed by atoms with E-state index >= 15 is 0 Å². The fraction of sp³-hybridized carbons (Fsp3) is 0.263. The molecule has 0 bridgehead atoms. The Bertz CT molecular complexity index is 802. The largest absolute Gasteiger partial charge is 0.480 e. The highest BCUT2D eigenvalue weighted by atomic mass is 35.5. The van der Waals surface area contributed by atoms with E-state index in [4.69, 9.17) is 11.6 Å². The molecule has 0 saturated carbocycles. The van der Waals surface area contributed by atoms with Crippen molar-refractivity contribution in [1.82, 2.24) is 10.0 Å². The summed E-state index contributed by atoms with van der Waals surface area (Å²) in [7, 11) is 1.71. The molecular formula is C19H20ClN3O3. The minimum Gasteiger partial charge on any atom is -0.480 e. The van der Waals surface area contributed by atoms with Crippen molar-refractivity contribution < 1.29 is 14.7 Å². The molecule has 3 rings (SSSR count). The summed E-state index contributed by atoms with van der Waals surface area (Å²) in [5, 5.41) is 13.1. The van der Waals surface area contributed by atoms with Gasteiger partial charge in [-0.1, -0.05) is 48.0 Å². The first-order chi connectivity index (χ1) is 12.5. The van der Waals surface area contributed by atoms with E-state index < -0.39 is 5.97 Å². The summed E-state index contributed by atoms with van der Waals surface area (Å²) < 4.78 is 0. The average Bonchev–Trinajstić information content (AvgIpc) is 3.04. The number of fused-ring (bicyclic) bond motifs is 1. The number of hydrogen-bond donors (Lipinski definition) is 1. The Morgan fingerprint density at radius 3 is 2.19 bits per heavy atom. The average molecular weight is 374 g/mol. The highest BCUT2D eigenvalue weighted by molar-refractivity contribution is 6.33. The van der Waals surface area contributed by atoms with Crippen LogP contribution in [0, 0.1) is 0 Å². The molecule has 0 saturated heterocycles. The molecule has 1 aliphatic heterocycles. The van der Waals surface area contributed by atoms with Crippen LogP contribution in [0.25, 0.3) is 0 Å². The number of nitrogens with zero attached hydrogens (tertiary/aromatic N) is 3. The van der Waals surface area contributed by atoms with E-state index in [1.807, 2.05) is 29.3 Å². The molecule has 0 atom stereocenters. The number of hydrogen-bond acceptors (Lipinski definition) is 4. The number of carbonyl (C=O) groups is 2. The van der Waals surface area contributed by atoms with E-state index in [9.17, 15) is 14.7 Å². The second kappa shape index (κ2) is 7.76. The summed E-state index contributed by atoms with van der Waals surface area (Å²) in [6.07, 6.45) is 0. The third-order valence-corrected chi connectivity index (χ3v) is 4.77. The summed E-state index contributed by atoms with van der Waals surface area (Å²) in [6.45, 7) is 0.940. The molecule has 0 unspecified atom stereocenters. The SMILES string of the molecule is CN(C(=O)CN(CC(=O)O)c1ccccc1Cl)N1Cc2ccccc2C1. The zero-order chi connectivity index (χ0) is 18.7. The fourth-order valence-corrected chi connectivity index (χ4v) is 3.30. The number of para-hydroxylation sites is 1. The van der Waals surface area contributed by atoms with E-state index in [1.54, 1.807) is 36.3 Å². The number of likely N-dealkylation sites (N-methyl/N-ethyl adjacent to an activating group) is 1. The van der Waals surface area contributed by atoms with Crippen molar-refractivity contribution in [2.24, 2.45) is 0 Å². The van der Waals surface area contributed by atoms with Crippen LogP contribution in [0.5, 0.6) is 0 Å². The molecule has 1 amide bonds. The van der Waals surface area contributed by atoms with Gasteiger partial charge in [-0.05, 0) is 23.3 Å². The normalized spacial score (nSPS) is 13.3. The molecule has 0 aromatic heterocycles. The number of halogens is 1. The van der Waals surface area contributed by atoms with Crippen LogP contribution in [-0.2, 0) is 22.7 Å². The molecular weight excluding hydrogens is 354 g/mol. The van der Waals surface area contributed by atoms with Crippen molar-refractivity contribution in [3.63, 3.8) is 0 Å². The lowest BCUT2D eigenvalue weighted by molar-refractivity contribution is -0.145. The number of carboxylic acids is 1. The van der Waals surface area contributed by atoms with Crippen LogP contribution in [0.4, 0.5) is 5.69 Å². The molecule has 6 nitrogen and oxygen atoms in total. The van der Waals surface area contributed by atoms with E-state index in [-0.39, 0.29) is 19.0 Å². The first kappa shape index (κ1) is 18.2. The van der Waals surface area contributed by atoms with Crippen molar-refractivity contribution >= 4 is 29.2 Å². The zero-order valence-electron chi connectivity index (χ0n) is 14.4. The van der Waals surface area contributed by atoms with Crippen LogP contribution in [0.1, 0.15) is 11.1 Å². The smallest absolute Gasteiger partial charge is 0.323 e. The second-order valence-corrected chi connectivity index (χ2v) is 6.62. The Morgan fingerprint density at radius 1 is 1.04 bits per heavy atom. The predicted molar refractivity (Wildman–Crippen MR) is 99.8 cm³/mol. The Balaban J connectivity index is 1.72. The van der Waals surface area contributed by atoms with E-state index in [2.05, 4.69) is 0 Å². The summed E-state index contributed by atoms with van der Waals surface area (Å²) in [5.74, 6) is -1.21. The molecule has 0 aliphatic carbocycles. The Morgan fingerprint density at radius 2 is 1.62 bits per heavy atom. The molecule has 0 spiro atoms. The minimum absolute atomic E-state index is 0.0701. The van der Waals surface area contributed by atoms with Gasteiger partial charge in [-0.25, -0.2) is 5.01 Å². The van der Waals surface area contributed by atoms with Crippen LogP contribution in [0.3, 0.4) is 0 Å². The van der Waals surface area contributed by atoms with E-state index in [0.717, 1.165) is 0 Å². The maximum absolute atomic E-state index is 12.8. The maximum Gasteiger partial charge on any atom is 0.323 e. The molecule has 0 fully saturated rings. The number of carboxylic acid groups (broad SMARTS) is 1. The third-order valence-electron chi connectivity index (χ3n) is 4.45. The molecule has 2 aromatic carbocycles. The quantitative estimate of drug-likeness (QED) is 0.843. The van der Waals surface area contributed by atoms with Crippen molar-refractivity contribution in [1.29, 1.82) is 0 Å². The van der Waals surface area contributed by atoms with Crippen LogP contribution in [0.2, 0.25) is 5.02 Å². The number of carbonyl (C=O) groups excluding carboxylic acids is 1. The van der Waals surface area contributed by atoms with Gasteiger partial charge in [0.15, 0.2) is 0 Å². The highest BCUT2D eigenvalue weighted by Crippen LogP contribution is 2.26. The summed E-state index contributed by atoms with van der Waals surface area (Å²) in [6, 6.07) is 15.0. The Labute approximate surface area is 157 Å². The summed E-state index contributed by atoms with van der Waals surface area (Å²) in [4.78, 5) is 25.5. The van der Waals surface area contributed by atoms with Gasteiger partial charge in [-0.3, -0.25) is 14.6 Å². The topological polar surface area (TPSA) is 64.1 Å². The number of amides is 1. The first-order valence-electron chi connectivity index (χ1n) is 8.25. The second-order valence-electron chi connectivity index (χ2n) is 6.21. The number of benzene rings is 2.